The van der Waals surface area contributed by atoms with Gasteiger partial charge in [-0.2, -0.15) is 0 Å². The zero-order chi connectivity index (χ0) is 28.0. The van der Waals surface area contributed by atoms with Crippen LogP contribution in [-0.4, -0.2) is 55.7 Å². The fourth-order valence-corrected chi connectivity index (χ4v) is 8.36. The first-order valence-electron chi connectivity index (χ1n) is 12.8. The number of nitrogens with zero attached hydrogens (tertiary/aromatic N) is 4. The second-order valence-electron chi connectivity index (χ2n) is 9.50. The quantitative estimate of drug-likeness (QED) is 0.158. The van der Waals surface area contributed by atoms with E-state index in [1.54, 1.807) is 34.0 Å². The standard InChI is InChI=1S/C27H32N5O5PS2/c1-19-7-6-10-22(11-19)36-38(33,18-35-20(2)12-32-17-31-25-26(28)29-16-30-27(25)32)37-24-15-40-39-14-23(24)34-13-21-8-4-3-5-9-21/h3-11,16-17,20,23-24H,12-15,18H2,1-2H3,(H2,28,29,30)/t20-,23+,24+,38?/m1/s1. The van der Waals surface area contributed by atoms with Crippen molar-refractivity contribution < 1.29 is 23.1 Å². The number of benzene rings is 2. The summed E-state index contributed by atoms with van der Waals surface area (Å²) in [6, 6.07) is 17.4. The van der Waals surface area contributed by atoms with Crippen molar-refractivity contribution >= 4 is 46.2 Å². The van der Waals surface area contributed by atoms with Gasteiger partial charge in [0.2, 0.25) is 0 Å². The highest BCUT2D eigenvalue weighted by molar-refractivity contribution is 8.76. The molecule has 1 saturated heterocycles. The van der Waals surface area contributed by atoms with Crippen LogP contribution >= 0.6 is 29.2 Å². The lowest BCUT2D eigenvalue weighted by Crippen LogP contribution is -2.38. The predicted octanol–water partition coefficient (Wildman–Crippen LogP) is 5.72. The van der Waals surface area contributed by atoms with Crippen molar-refractivity contribution in [3.05, 3.63) is 78.4 Å². The zero-order valence-corrected chi connectivity index (χ0v) is 24.8. The summed E-state index contributed by atoms with van der Waals surface area (Å²) < 4.78 is 40.7. The van der Waals surface area contributed by atoms with Crippen molar-refractivity contribution in [2.45, 2.75) is 45.3 Å². The van der Waals surface area contributed by atoms with Crippen LogP contribution in [-0.2, 0) is 31.7 Å². The molecule has 0 bridgehead atoms. The third kappa shape index (κ3) is 7.57. The molecular weight excluding hydrogens is 569 g/mol. The second-order valence-corrected chi connectivity index (χ2v) is 13.9. The zero-order valence-electron chi connectivity index (χ0n) is 22.3. The lowest BCUT2D eigenvalue weighted by atomic mass is 10.2. The second kappa shape index (κ2) is 13.4. The molecular formula is C27H32N5O5PS2. The third-order valence-corrected chi connectivity index (χ3v) is 10.2. The van der Waals surface area contributed by atoms with Crippen LogP contribution in [0.2, 0.25) is 0 Å². The largest absolute Gasteiger partial charge is 0.423 e. The average molecular weight is 602 g/mol. The average Bonchev–Trinajstić information content (AvgIpc) is 3.36. The Morgan fingerprint density at radius 1 is 1.07 bits per heavy atom. The van der Waals surface area contributed by atoms with Crippen LogP contribution in [0.3, 0.4) is 0 Å². The predicted molar refractivity (Wildman–Crippen MR) is 159 cm³/mol. The van der Waals surface area contributed by atoms with Crippen molar-refractivity contribution in [3.63, 3.8) is 0 Å². The van der Waals surface area contributed by atoms with Gasteiger partial charge in [-0.1, -0.05) is 64.1 Å². The molecule has 212 valence electrons. The van der Waals surface area contributed by atoms with E-state index in [1.807, 2.05) is 66.9 Å². The summed E-state index contributed by atoms with van der Waals surface area (Å²) in [5.41, 5.74) is 9.10. The van der Waals surface area contributed by atoms with E-state index in [2.05, 4.69) is 15.0 Å². The number of aryl methyl sites for hydroxylation is 1. The summed E-state index contributed by atoms with van der Waals surface area (Å²) in [6.45, 7) is 4.69. The van der Waals surface area contributed by atoms with Gasteiger partial charge >= 0.3 is 7.60 Å². The molecule has 1 aliphatic rings. The lowest BCUT2D eigenvalue weighted by molar-refractivity contribution is -0.0192. The summed E-state index contributed by atoms with van der Waals surface area (Å²) in [4.78, 5) is 12.6. The van der Waals surface area contributed by atoms with Crippen LogP contribution in [0.4, 0.5) is 5.82 Å². The van der Waals surface area contributed by atoms with Crippen molar-refractivity contribution in [1.29, 1.82) is 0 Å². The Balaban J connectivity index is 1.29. The molecule has 4 atom stereocenters. The fraction of sp³-hybridized carbons (Fsp3) is 0.370. The molecule has 10 nitrogen and oxygen atoms in total. The molecule has 0 amide bonds. The Morgan fingerprint density at radius 2 is 1.88 bits per heavy atom. The van der Waals surface area contributed by atoms with E-state index < -0.39 is 13.7 Å². The van der Waals surface area contributed by atoms with Crippen molar-refractivity contribution in [3.8, 4) is 5.75 Å². The molecule has 5 rings (SSSR count). The van der Waals surface area contributed by atoms with Crippen molar-refractivity contribution in [2.75, 3.05) is 23.6 Å². The van der Waals surface area contributed by atoms with Crippen LogP contribution in [0.25, 0.3) is 11.2 Å². The molecule has 40 heavy (non-hydrogen) atoms. The van der Waals surface area contributed by atoms with Gasteiger partial charge in [-0.3, -0.25) is 4.52 Å². The molecule has 13 heteroatoms. The minimum atomic E-state index is -3.76. The van der Waals surface area contributed by atoms with E-state index in [4.69, 9.17) is 24.3 Å². The van der Waals surface area contributed by atoms with Gasteiger partial charge in [-0.25, -0.2) is 19.5 Å². The molecule has 0 radical (unpaired) electrons. The minimum Gasteiger partial charge on any atom is -0.423 e. The molecule has 3 heterocycles. The molecule has 4 aromatic rings. The van der Waals surface area contributed by atoms with Gasteiger partial charge in [-0.05, 0) is 37.1 Å². The molecule has 2 N–H and O–H groups in total. The maximum Gasteiger partial charge on any atom is 0.405 e. The Bertz CT molecular complexity index is 1460. The third-order valence-electron chi connectivity index (χ3n) is 6.20. The highest BCUT2D eigenvalue weighted by atomic mass is 33.1. The molecule has 0 spiro atoms. The number of ether oxygens (including phenoxy) is 2. The molecule has 0 saturated carbocycles. The highest BCUT2D eigenvalue weighted by Gasteiger charge is 2.38. The number of nitrogen functional groups attached to an aromatic ring is 1. The van der Waals surface area contributed by atoms with Crippen LogP contribution in [0, 0.1) is 6.92 Å². The molecule has 0 aliphatic carbocycles. The summed E-state index contributed by atoms with van der Waals surface area (Å²) in [5, 5.41) is 0. The Morgan fingerprint density at radius 3 is 2.67 bits per heavy atom. The number of hydrogen-bond acceptors (Lipinski definition) is 11. The van der Waals surface area contributed by atoms with E-state index in [0.29, 0.717) is 47.4 Å². The highest BCUT2D eigenvalue weighted by Crippen LogP contribution is 2.52. The molecule has 1 unspecified atom stereocenters. The van der Waals surface area contributed by atoms with Gasteiger partial charge in [-0.15, -0.1) is 0 Å². The molecule has 1 aliphatic heterocycles. The number of rotatable bonds is 12. The van der Waals surface area contributed by atoms with Crippen LogP contribution in [0.1, 0.15) is 18.1 Å². The van der Waals surface area contributed by atoms with Gasteiger partial charge in [0.1, 0.15) is 23.7 Å². The monoisotopic (exact) mass is 601 g/mol. The number of hydrogen-bond donors (Lipinski definition) is 1. The van der Waals surface area contributed by atoms with E-state index in [1.165, 1.54) is 6.33 Å². The first-order valence-corrected chi connectivity index (χ1v) is 17.1. The first kappa shape index (κ1) is 28.9. The molecule has 1 fully saturated rings. The smallest absolute Gasteiger partial charge is 0.405 e. The maximum absolute atomic E-state index is 14.2. The molecule has 2 aromatic heterocycles. The number of aromatic nitrogens is 4. The first-order chi connectivity index (χ1) is 19.4. The number of nitrogens with two attached hydrogens (primary N) is 1. The Hall–Kier alpha value is -2.60. The van der Waals surface area contributed by atoms with Crippen LogP contribution < -0.4 is 10.3 Å². The fourth-order valence-electron chi connectivity index (χ4n) is 4.17. The minimum absolute atomic E-state index is 0.231. The number of fused-ring (bicyclic) bond motifs is 1. The van der Waals surface area contributed by atoms with Gasteiger partial charge in [0.15, 0.2) is 17.8 Å². The Labute approximate surface area is 241 Å². The van der Waals surface area contributed by atoms with Gasteiger partial charge in [0.05, 0.1) is 31.7 Å². The normalized spacial score (nSPS) is 19.8. The number of imidazole rings is 1. The topological polar surface area (TPSA) is 124 Å². The SMILES string of the molecule is Cc1cccc(OP(=O)(CO[C@H](C)Cn2cnc3c(N)ncnc32)O[C@H]2CSSC[C@@H]2OCc2ccccc2)c1. The Kier molecular flexibility index (Phi) is 9.67. The van der Waals surface area contributed by atoms with E-state index in [-0.39, 0.29) is 18.6 Å². The summed E-state index contributed by atoms with van der Waals surface area (Å²) in [6.07, 6.45) is 1.78. The van der Waals surface area contributed by atoms with Crippen LogP contribution in [0.15, 0.2) is 67.3 Å². The maximum atomic E-state index is 14.2. The van der Waals surface area contributed by atoms with E-state index in [0.717, 1.165) is 11.1 Å². The van der Waals surface area contributed by atoms with Gasteiger partial charge < -0.3 is 24.3 Å². The van der Waals surface area contributed by atoms with Crippen LogP contribution in [0.5, 0.6) is 5.75 Å². The number of anilines is 1. The summed E-state index contributed by atoms with van der Waals surface area (Å²) in [5.74, 6) is 2.10. The molecule has 2 aromatic carbocycles. The van der Waals surface area contributed by atoms with Gasteiger partial charge in [0, 0.05) is 11.5 Å². The van der Waals surface area contributed by atoms with Crippen molar-refractivity contribution in [2.24, 2.45) is 0 Å². The summed E-state index contributed by atoms with van der Waals surface area (Å²) >= 11 is 0. The van der Waals surface area contributed by atoms with E-state index >= 15 is 0 Å². The summed E-state index contributed by atoms with van der Waals surface area (Å²) in [7, 11) is -0.371. The van der Waals surface area contributed by atoms with E-state index in [9.17, 15) is 4.57 Å². The lowest BCUT2D eigenvalue weighted by Gasteiger charge is -2.33. The van der Waals surface area contributed by atoms with Crippen molar-refractivity contribution in [1.82, 2.24) is 19.5 Å². The van der Waals surface area contributed by atoms with Gasteiger partial charge in [0.25, 0.3) is 0 Å².